The second-order valence-corrected chi connectivity index (χ2v) is 7.81. The Labute approximate surface area is 127 Å². The third-order valence-corrected chi connectivity index (χ3v) is 5.30. The number of rotatable bonds is 4. The topological polar surface area (TPSA) is 58.2 Å². The Morgan fingerprint density at radius 1 is 1.47 bits per heavy atom. The van der Waals surface area contributed by atoms with Crippen molar-refractivity contribution in [1.82, 2.24) is 5.32 Å². The van der Waals surface area contributed by atoms with E-state index in [0.717, 1.165) is 30.4 Å². The summed E-state index contributed by atoms with van der Waals surface area (Å²) in [7, 11) is -3.36. The third-order valence-electron chi connectivity index (χ3n) is 3.05. The van der Waals surface area contributed by atoms with Gasteiger partial charge in [0.2, 0.25) is 10.0 Å². The molecule has 1 aromatic carbocycles. The maximum Gasteiger partial charge on any atom is 0.233 e. The van der Waals surface area contributed by atoms with E-state index in [9.17, 15) is 8.42 Å². The van der Waals surface area contributed by atoms with Gasteiger partial charge in [-0.15, -0.1) is 0 Å². The van der Waals surface area contributed by atoms with Crippen LogP contribution in [-0.4, -0.2) is 27.3 Å². The molecule has 0 saturated carbocycles. The van der Waals surface area contributed by atoms with Crippen LogP contribution in [0.2, 0.25) is 5.02 Å². The normalized spacial score (nSPS) is 20.2. The number of sulfonamides is 1. The molecule has 4 nitrogen and oxygen atoms in total. The first-order chi connectivity index (χ1) is 8.96. The van der Waals surface area contributed by atoms with Crippen molar-refractivity contribution >= 4 is 43.2 Å². The van der Waals surface area contributed by atoms with Crippen LogP contribution in [0, 0.1) is 5.92 Å². The molecule has 1 aliphatic rings. The summed E-state index contributed by atoms with van der Waals surface area (Å²) in [5, 5.41) is 3.60. The second kappa shape index (κ2) is 6.43. The fourth-order valence-electron chi connectivity index (χ4n) is 2.16. The van der Waals surface area contributed by atoms with Crippen LogP contribution in [-0.2, 0) is 10.0 Å². The van der Waals surface area contributed by atoms with E-state index in [4.69, 9.17) is 11.6 Å². The van der Waals surface area contributed by atoms with Gasteiger partial charge in [0.15, 0.2) is 0 Å². The summed E-state index contributed by atoms with van der Waals surface area (Å²) in [4.78, 5) is 0. The molecule has 106 valence electrons. The fourth-order valence-corrected chi connectivity index (χ4v) is 4.44. The van der Waals surface area contributed by atoms with E-state index in [1.165, 1.54) is 0 Å². The monoisotopic (exact) mass is 366 g/mol. The molecule has 1 atom stereocenters. The molecule has 1 heterocycles. The van der Waals surface area contributed by atoms with E-state index in [-0.39, 0.29) is 11.7 Å². The van der Waals surface area contributed by atoms with Gasteiger partial charge in [0.25, 0.3) is 0 Å². The lowest BCUT2D eigenvalue weighted by molar-refractivity contribution is 0.404. The molecule has 2 N–H and O–H groups in total. The number of piperidine rings is 1. The molecule has 1 fully saturated rings. The van der Waals surface area contributed by atoms with Gasteiger partial charge in [0.1, 0.15) is 0 Å². The van der Waals surface area contributed by atoms with Crippen LogP contribution < -0.4 is 10.0 Å². The van der Waals surface area contributed by atoms with Crippen LogP contribution in [0.15, 0.2) is 22.7 Å². The van der Waals surface area contributed by atoms with Gasteiger partial charge in [-0.2, -0.15) is 0 Å². The summed E-state index contributed by atoms with van der Waals surface area (Å²) >= 11 is 9.29. The Bertz CT molecular complexity index is 545. The zero-order valence-electron chi connectivity index (χ0n) is 10.3. The zero-order valence-corrected chi connectivity index (χ0v) is 13.5. The molecule has 0 spiro atoms. The number of hydrogen-bond acceptors (Lipinski definition) is 3. The summed E-state index contributed by atoms with van der Waals surface area (Å²) < 4.78 is 27.6. The largest absolute Gasteiger partial charge is 0.316 e. The minimum atomic E-state index is -3.36. The smallest absolute Gasteiger partial charge is 0.233 e. The first-order valence-electron chi connectivity index (χ1n) is 6.12. The second-order valence-electron chi connectivity index (χ2n) is 4.72. The molecule has 0 bridgehead atoms. The zero-order chi connectivity index (χ0) is 13.9. The van der Waals surface area contributed by atoms with Gasteiger partial charge < -0.3 is 5.32 Å². The predicted octanol–water partition coefficient (Wildman–Crippen LogP) is 2.84. The van der Waals surface area contributed by atoms with E-state index in [1.54, 1.807) is 18.2 Å². The predicted molar refractivity (Wildman–Crippen MR) is 82.2 cm³/mol. The summed E-state index contributed by atoms with van der Waals surface area (Å²) in [6.45, 7) is 1.73. The molecule has 0 aliphatic carbocycles. The number of halogens is 2. The van der Waals surface area contributed by atoms with Crippen LogP contribution in [0.1, 0.15) is 12.8 Å². The van der Waals surface area contributed by atoms with E-state index in [2.05, 4.69) is 26.0 Å². The van der Waals surface area contributed by atoms with Gasteiger partial charge in [0.05, 0.1) is 16.5 Å². The molecule has 7 heteroatoms. The maximum absolute atomic E-state index is 12.1. The molecule has 19 heavy (non-hydrogen) atoms. The Morgan fingerprint density at radius 2 is 2.26 bits per heavy atom. The molecule has 1 aromatic rings. The van der Waals surface area contributed by atoms with Crippen molar-refractivity contribution in [2.24, 2.45) is 5.92 Å². The highest BCUT2D eigenvalue weighted by atomic mass is 79.9. The van der Waals surface area contributed by atoms with Crippen LogP contribution in [0.5, 0.6) is 0 Å². The molecule has 1 unspecified atom stereocenters. The average molecular weight is 368 g/mol. The molecule has 1 saturated heterocycles. The van der Waals surface area contributed by atoms with Gasteiger partial charge in [-0.05, 0) is 50.0 Å². The number of benzene rings is 1. The number of nitrogens with one attached hydrogen (secondary N) is 2. The molecular formula is C12H16BrClN2O2S. The highest BCUT2D eigenvalue weighted by Gasteiger charge is 2.21. The number of hydrogen-bond donors (Lipinski definition) is 2. The van der Waals surface area contributed by atoms with Crippen LogP contribution >= 0.6 is 27.5 Å². The Balaban J connectivity index is 2.03. The minimum Gasteiger partial charge on any atom is -0.316 e. The van der Waals surface area contributed by atoms with Crippen LogP contribution in [0.4, 0.5) is 5.69 Å². The van der Waals surface area contributed by atoms with Crippen molar-refractivity contribution in [1.29, 1.82) is 0 Å². The lowest BCUT2D eigenvalue weighted by Crippen LogP contribution is -2.35. The van der Waals surface area contributed by atoms with Crippen molar-refractivity contribution < 1.29 is 8.42 Å². The van der Waals surface area contributed by atoms with Crippen LogP contribution in [0.3, 0.4) is 0 Å². The van der Waals surface area contributed by atoms with Crippen molar-refractivity contribution in [3.63, 3.8) is 0 Å². The van der Waals surface area contributed by atoms with Gasteiger partial charge in [0, 0.05) is 4.47 Å². The van der Waals surface area contributed by atoms with E-state index in [0.29, 0.717) is 10.7 Å². The molecule has 0 radical (unpaired) electrons. The van der Waals surface area contributed by atoms with E-state index in [1.807, 2.05) is 0 Å². The quantitative estimate of drug-likeness (QED) is 0.860. The fraction of sp³-hybridized carbons (Fsp3) is 0.500. The summed E-state index contributed by atoms with van der Waals surface area (Å²) in [5.74, 6) is 0.298. The van der Waals surface area contributed by atoms with Gasteiger partial charge in [-0.25, -0.2) is 8.42 Å². The lowest BCUT2D eigenvalue weighted by Gasteiger charge is -2.22. The van der Waals surface area contributed by atoms with Gasteiger partial charge in [-0.1, -0.05) is 27.5 Å². The van der Waals surface area contributed by atoms with E-state index < -0.39 is 10.0 Å². The molecule has 0 amide bonds. The van der Waals surface area contributed by atoms with Crippen molar-refractivity contribution in [2.75, 3.05) is 23.6 Å². The highest BCUT2D eigenvalue weighted by molar-refractivity contribution is 9.10. The number of anilines is 1. The standard InChI is InChI=1S/C12H16BrClN2O2S/c13-10-3-4-12(11(14)6-10)16-19(17,18)8-9-2-1-5-15-7-9/h3-4,6,9,15-16H,1-2,5,7-8H2. The highest BCUT2D eigenvalue weighted by Crippen LogP contribution is 2.27. The van der Waals surface area contributed by atoms with Crippen molar-refractivity contribution in [3.8, 4) is 0 Å². The maximum atomic E-state index is 12.1. The Morgan fingerprint density at radius 3 is 2.89 bits per heavy atom. The van der Waals surface area contributed by atoms with Crippen molar-refractivity contribution in [3.05, 3.63) is 27.7 Å². The van der Waals surface area contributed by atoms with E-state index >= 15 is 0 Å². The Kier molecular flexibility index (Phi) is 5.11. The molecule has 0 aromatic heterocycles. The van der Waals surface area contributed by atoms with Crippen molar-refractivity contribution in [2.45, 2.75) is 12.8 Å². The minimum absolute atomic E-state index is 0.131. The molecule has 1 aliphatic heterocycles. The molecular weight excluding hydrogens is 352 g/mol. The summed E-state index contributed by atoms with van der Waals surface area (Å²) in [5.41, 5.74) is 0.425. The molecule has 2 rings (SSSR count). The summed E-state index contributed by atoms with van der Waals surface area (Å²) in [6, 6.07) is 5.08. The summed E-state index contributed by atoms with van der Waals surface area (Å²) in [6.07, 6.45) is 1.97. The Hall–Kier alpha value is -0.300. The average Bonchev–Trinajstić information content (AvgIpc) is 2.33. The SMILES string of the molecule is O=S(=O)(CC1CCCNC1)Nc1ccc(Br)cc1Cl. The third kappa shape index (κ3) is 4.63. The first kappa shape index (κ1) is 15.1. The first-order valence-corrected chi connectivity index (χ1v) is 8.95. The van der Waals surface area contributed by atoms with Crippen LogP contribution in [0.25, 0.3) is 0 Å². The van der Waals surface area contributed by atoms with Gasteiger partial charge in [-0.3, -0.25) is 4.72 Å². The lowest BCUT2D eigenvalue weighted by atomic mass is 10.0. The van der Waals surface area contributed by atoms with Gasteiger partial charge >= 0.3 is 0 Å².